The molecule has 1 aliphatic rings. The zero-order chi connectivity index (χ0) is 17.5. The van der Waals surface area contributed by atoms with Gasteiger partial charge in [0.05, 0.1) is 5.92 Å². The van der Waals surface area contributed by atoms with Crippen LogP contribution >= 0.6 is 0 Å². The molecular formula is C19H19F2NO2. The van der Waals surface area contributed by atoms with Crippen molar-refractivity contribution in [2.75, 3.05) is 18.0 Å². The number of benzene rings is 2. The van der Waals surface area contributed by atoms with E-state index in [0.29, 0.717) is 24.2 Å². The number of alkyl halides is 2. The number of rotatable bonds is 4. The van der Waals surface area contributed by atoms with Crippen molar-refractivity contribution in [1.29, 1.82) is 0 Å². The molecule has 2 aromatic rings. The van der Waals surface area contributed by atoms with Crippen LogP contribution in [0.1, 0.15) is 19.4 Å². The van der Waals surface area contributed by atoms with Crippen molar-refractivity contribution in [2.24, 2.45) is 5.92 Å². The molecule has 24 heavy (non-hydrogen) atoms. The summed E-state index contributed by atoms with van der Waals surface area (Å²) in [5.41, 5.74) is 1.82. The Labute approximate surface area is 139 Å². The summed E-state index contributed by atoms with van der Waals surface area (Å²) in [5.74, 6) is -2.76. The van der Waals surface area contributed by atoms with Crippen LogP contribution in [0.2, 0.25) is 0 Å². The Hall–Kier alpha value is -2.43. The minimum atomic E-state index is -2.97. The molecule has 0 radical (unpaired) electrons. The van der Waals surface area contributed by atoms with E-state index in [9.17, 15) is 18.7 Å². The topological polar surface area (TPSA) is 40.5 Å². The van der Waals surface area contributed by atoms with Gasteiger partial charge in [-0.25, -0.2) is 8.78 Å². The molecule has 3 rings (SSSR count). The highest BCUT2D eigenvalue weighted by Gasteiger charge is 2.30. The Morgan fingerprint density at radius 2 is 1.92 bits per heavy atom. The summed E-state index contributed by atoms with van der Waals surface area (Å²) >= 11 is 0. The van der Waals surface area contributed by atoms with Crippen molar-refractivity contribution in [2.45, 2.75) is 19.8 Å². The summed E-state index contributed by atoms with van der Waals surface area (Å²) in [7, 11) is 0. The summed E-state index contributed by atoms with van der Waals surface area (Å²) < 4.78 is 27.1. The molecule has 0 unspecified atom stereocenters. The number of nitrogens with zero attached hydrogens (tertiary/aromatic N) is 1. The van der Waals surface area contributed by atoms with Gasteiger partial charge in [-0.1, -0.05) is 12.1 Å². The predicted octanol–water partition coefficient (Wildman–Crippen LogP) is 4.20. The van der Waals surface area contributed by atoms with Crippen molar-refractivity contribution >= 4 is 11.5 Å². The Balaban J connectivity index is 1.91. The maximum absolute atomic E-state index is 13.6. The standard InChI is InChI=1S/C19H19F2NO2/c1-12(23)14-10-22(11-14)16-5-3-4-13(8-16)17-9-15(19(2,20)21)6-7-18(17)24/h3-9,14,24H,10-11H2,1-2H3. The molecule has 0 spiro atoms. The second-order valence-corrected chi connectivity index (χ2v) is 6.38. The molecule has 0 aromatic heterocycles. The van der Waals surface area contributed by atoms with Gasteiger partial charge in [0, 0.05) is 36.8 Å². The number of carbonyl (C=O) groups is 1. The number of phenolic OH excluding ortho intramolecular Hbond substituents is 1. The molecule has 1 heterocycles. The molecule has 0 atom stereocenters. The molecule has 0 amide bonds. The number of ketones is 1. The van der Waals surface area contributed by atoms with Crippen LogP contribution in [-0.4, -0.2) is 24.0 Å². The van der Waals surface area contributed by atoms with Crippen LogP contribution in [0.5, 0.6) is 5.75 Å². The average Bonchev–Trinajstić information content (AvgIpc) is 2.45. The third-order valence-electron chi connectivity index (χ3n) is 4.48. The SMILES string of the molecule is CC(=O)C1CN(c2cccc(-c3cc(C(C)(F)F)ccc3O)c2)C1. The second-order valence-electron chi connectivity index (χ2n) is 6.38. The van der Waals surface area contributed by atoms with Gasteiger partial charge in [0.25, 0.3) is 5.92 Å². The maximum atomic E-state index is 13.6. The minimum absolute atomic E-state index is 0.0367. The second kappa shape index (κ2) is 5.89. The first-order valence-corrected chi connectivity index (χ1v) is 7.83. The number of phenols is 1. The molecule has 1 fully saturated rings. The lowest BCUT2D eigenvalue weighted by Crippen LogP contribution is -2.49. The normalized spacial score (nSPS) is 15.2. The van der Waals surface area contributed by atoms with Crippen LogP contribution in [0, 0.1) is 5.92 Å². The van der Waals surface area contributed by atoms with Crippen LogP contribution in [-0.2, 0) is 10.7 Å². The Kier molecular flexibility index (Phi) is 4.03. The molecule has 1 aliphatic heterocycles. The van der Waals surface area contributed by atoms with E-state index in [-0.39, 0.29) is 23.0 Å². The summed E-state index contributed by atoms with van der Waals surface area (Å²) in [6.45, 7) is 3.75. The highest BCUT2D eigenvalue weighted by atomic mass is 19.3. The van der Waals surface area contributed by atoms with Gasteiger partial charge in [0.2, 0.25) is 0 Å². The Morgan fingerprint density at radius 3 is 2.54 bits per heavy atom. The van der Waals surface area contributed by atoms with E-state index in [4.69, 9.17) is 0 Å². The number of hydrogen-bond donors (Lipinski definition) is 1. The van der Waals surface area contributed by atoms with Crippen LogP contribution in [0.25, 0.3) is 11.1 Å². The fourth-order valence-electron chi connectivity index (χ4n) is 2.86. The molecule has 1 N–H and O–H groups in total. The molecule has 0 aliphatic carbocycles. The van der Waals surface area contributed by atoms with Crippen LogP contribution in [0.4, 0.5) is 14.5 Å². The Morgan fingerprint density at radius 1 is 1.21 bits per heavy atom. The van der Waals surface area contributed by atoms with E-state index in [1.165, 1.54) is 18.2 Å². The number of carbonyl (C=O) groups excluding carboxylic acids is 1. The lowest BCUT2D eigenvalue weighted by molar-refractivity contribution is -0.121. The third kappa shape index (κ3) is 3.11. The van der Waals surface area contributed by atoms with E-state index in [1.807, 2.05) is 18.2 Å². The fraction of sp³-hybridized carbons (Fsp3) is 0.316. The van der Waals surface area contributed by atoms with E-state index >= 15 is 0 Å². The van der Waals surface area contributed by atoms with Gasteiger partial charge in [-0.15, -0.1) is 0 Å². The summed E-state index contributed by atoms with van der Waals surface area (Å²) in [6.07, 6.45) is 0. The summed E-state index contributed by atoms with van der Waals surface area (Å²) in [4.78, 5) is 13.4. The molecule has 0 bridgehead atoms. The number of Topliss-reactive ketones (excluding diaryl/α,β-unsaturated/α-hetero) is 1. The molecule has 2 aromatic carbocycles. The zero-order valence-corrected chi connectivity index (χ0v) is 13.6. The summed E-state index contributed by atoms with van der Waals surface area (Å²) in [6, 6.07) is 11.2. The van der Waals surface area contributed by atoms with Crippen molar-refractivity contribution in [3.63, 3.8) is 0 Å². The number of hydrogen-bond acceptors (Lipinski definition) is 3. The number of aromatic hydroxyl groups is 1. The van der Waals surface area contributed by atoms with E-state index in [2.05, 4.69) is 4.90 Å². The molecule has 126 valence electrons. The van der Waals surface area contributed by atoms with Gasteiger partial charge >= 0.3 is 0 Å². The molecule has 5 heteroatoms. The van der Waals surface area contributed by atoms with Crippen molar-refractivity contribution in [1.82, 2.24) is 0 Å². The van der Waals surface area contributed by atoms with Crippen LogP contribution < -0.4 is 4.90 Å². The third-order valence-corrected chi connectivity index (χ3v) is 4.48. The zero-order valence-electron chi connectivity index (χ0n) is 13.6. The molecular weight excluding hydrogens is 312 g/mol. The monoisotopic (exact) mass is 331 g/mol. The lowest BCUT2D eigenvalue weighted by atomic mass is 9.94. The maximum Gasteiger partial charge on any atom is 0.270 e. The first-order valence-electron chi connectivity index (χ1n) is 7.83. The number of anilines is 1. The quantitative estimate of drug-likeness (QED) is 0.913. The van der Waals surface area contributed by atoms with Gasteiger partial charge in [-0.2, -0.15) is 0 Å². The highest BCUT2D eigenvalue weighted by molar-refractivity contribution is 5.82. The highest BCUT2D eigenvalue weighted by Crippen LogP contribution is 2.37. The smallest absolute Gasteiger partial charge is 0.270 e. The first-order chi connectivity index (χ1) is 11.3. The van der Waals surface area contributed by atoms with E-state index in [0.717, 1.165) is 12.6 Å². The minimum Gasteiger partial charge on any atom is -0.507 e. The average molecular weight is 331 g/mol. The van der Waals surface area contributed by atoms with E-state index < -0.39 is 5.92 Å². The van der Waals surface area contributed by atoms with Crippen molar-refractivity contribution in [3.05, 3.63) is 48.0 Å². The van der Waals surface area contributed by atoms with Gasteiger partial charge in [0.1, 0.15) is 11.5 Å². The fourth-order valence-corrected chi connectivity index (χ4v) is 2.86. The van der Waals surface area contributed by atoms with Crippen LogP contribution in [0.3, 0.4) is 0 Å². The van der Waals surface area contributed by atoms with Gasteiger partial charge in [0.15, 0.2) is 0 Å². The lowest BCUT2D eigenvalue weighted by Gasteiger charge is -2.39. The van der Waals surface area contributed by atoms with Crippen LogP contribution in [0.15, 0.2) is 42.5 Å². The molecule has 1 saturated heterocycles. The van der Waals surface area contributed by atoms with Gasteiger partial charge < -0.3 is 10.0 Å². The van der Waals surface area contributed by atoms with Gasteiger partial charge in [-0.05, 0) is 42.8 Å². The summed E-state index contributed by atoms with van der Waals surface area (Å²) in [5, 5.41) is 10.1. The molecule has 0 saturated carbocycles. The Bertz CT molecular complexity index is 777. The van der Waals surface area contributed by atoms with Crippen molar-refractivity contribution < 1.29 is 18.7 Å². The predicted molar refractivity (Wildman–Crippen MR) is 89.5 cm³/mol. The first kappa shape index (κ1) is 16.4. The van der Waals surface area contributed by atoms with Gasteiger partial charge in [-0.3, -0.25) is 4.79 Å². The molecule has 3 nitrogen and oxygen atoms in total. The number of halogens is 2. The largest absolute Gasteiger partial charge is 0.507 e. The van der Waals surface area contributed by atoms with E-state index in [1.54, 1.807) is 13.0 Å². The van der Waals surface area contributed by atoms with Crippen molar-refractivity contribution in [3.8, 4) is 16.9 Å².